The number of hydrogen-bond donors (Lipinski definition) is 0. The second-order valence-corrected chi connectivity index (χ2v) is 0. The van der Waals surface area contributed by atoms with Crippen molar-refractivity contribution in [3.05, 3.63) is 0 Å². The average Bonchev–Trinajstić information content (AvgIpc) is 0. The number of hydrogen-bond acceptors (Lipinski definition) is 0. The minimum Gasteiger partial charge on any atom is -2.00 e. The van der Waals surface area contributed by atoms with E-state index in [0.29, 0.717) is 0 Å². The first-order valence-electron chi connectivity index (χ1n) is 0. The first-order chi connectivity index (χ1) is 0. The van der Waals surface area contributed by atoms with Gasteiger partial charge in [-0.2, -0.15) is 0 Å². The van der Waals surface area contributed by atoms with Crippen LogP contribution in [0.25, 0.3) is 0 Å². The fraction of sp³-hybridized carbons (Fsp3) is 0. The van der Waals surface area contributed by atoms with E-state index in [1.54, 1.807) is 0 Å². The van der Waals surface area contributed by atoms with Crippen LogP contribution in [0, 0.1) is 46.9 Å². The van der Waals surface area contributed by atoms with Crippen molar-refractivity contribution in [2.75, 3.05) is 0 Å². The van der Waals surface area contributed by atoms with Crippen molar-refractivity contribution in [3.63, 3.8) is 0 Å². The van der Waals surface area contributed by atoms with Gasteiger partial charge in [0.1, 0.15) is 0 Å². The van der Waals surface area contributed by atoms with E-state index in [1.807, 2.05) is 0 Å². The SMILES string of the molecule is [In+3].[O-2].[O-2].[O-2].[O-2].[Yb+3].[Zn+2]. The van der Waals surface area contributed by atoms with Gasteiger partial charge in [0.2, 0.25) is 0 Å². The maximum Gasteiger partial charge on any atom is 3.00 e. The van der Waals surface area contributed by atoms with Crippen LogP contribution in [0.3, 0.4) is 0 Å². The molecule has 0 aromatic carbocycles. The smallest absolute Gasteiger partial charge is 2.00 e. The Balaban J connectivity index is 0. The Morgan fingerprint density at radius 1 is 0.571 bits per heavy atom. The van der Waals surface area contributed by atoms with Crippen LogP contribution >= 0.6 is 0 Å². The Bertz CT molecular complexity index is 11.7. The third-order valence-corrected chi connectivity index (χ3v) is 0. The normalized spacial score (nSPS) is 0. The van der Waals surface area contributed by atoms with Crippen LogP contribution in [0.2, 0.25) is 0 Å². The molecule has 0 atom stereocenters. The molecular weight excluding hydrogens is 417 g/mol. The van der Waals surface area contributed by atoms with Crippen LogP contribution in [0.4, 0.5) is 0 Å². The van der Waals surface area contributed by atoms with Crippen LogP contribution in [0.15, 0.2) is 0 Å². The summed E-state index contributed by atoms with van der Waals surface area (Å²) in [5.74, 6) is 0. The number of rotatable bonds is 0. The molecule has 7 heavy (non-hydrogen) atoms. The maximum atomic E-state index is 0. The van der Waals surface area contributed by atoms with E-state index in [-0.39, 0.29) is 114 Å². The minimum atomic E-state index is 0. The summed E-state index contributed by atoms with van der Waals surface area (Å²) in [4.78, 5) is 0. The predicted molar refractivity (Wildman–Crippen MR) is 8.50 cm³/mol. The van der Waals surface area contributed by atoms with Crippen molar-refractivity contribution in [2.45, 2.75) is 0 Å². The summed E-state index contributed by atoms with van der Waals surface area (Å²) in [7, 11) is 0. The third kappa shape index (κ3) is 51.1. The second kappa shape index (κ2) is 67.1. The first-order valence-corrected chi connectivity index (χ1v) is 0. The van der Waals surface area contributed by atoms with Gasteiger partial charge in [0.15, 0.2) is 0 Å². The first kappa shape index (κ1) is 94.9. The van der Waals surface area contributed by atoms with Gasteiger partial charge < -0.3 is 21.9 Å². The van der Waals surface area contributed by atoms with Crippen LogP contribution < -0.4 is 0 Å². The fourth-order valence-corrected chi connectivity index (χ4v) is 0. The average molecular weight is 417 g/mol. The van der Waals surface area contributed by atoms with Gasteiger partial charge in [-0.1, -0.05) is 0 Å². The van der Waals surface area contributed by atoms with Gasteiger partial charge in [-0.3, -0.25) is 0 Å². The van der Waals surface area contributed by atoms with Gasteiger partial charge in [0, 0.05) is 0 Å². The van der Waals surface area contributed by atoms with E-state index in [2.05, 4.69) is 0 Å². The van der Waals surface area contributed by atoms with Crippen molar-refractivity contribution < 1.29 is 88.3 Å². The van der Waals surface area contributed by atoms with E-state index in [9.17, 15) is 0 Å². The molecule has 0 heterocycles. The van der Waals surface area contributed by atoms with Gasteiger partial charge in [-0.05, 0) is 0 Å². The standard InChI is InChI=1S/In.4O.Yb.Zn/q+3;4*-2;+3;+2. The van der Waals surface area contributed by atoms with Gasteiger partial charge in [-0.15, -0.1) is 0 Å². The molecule has 43 valence electrons. The van der Waals surface area contributed by atoms with Gasteiger partial charge in [0.05, 0.1) is 0 Å². The molecule has 0 aliphatic rings. The predicted octanol–water partition coefficient (Wildman–Crippen LogP) is -0.859. The Hall–Kier alpha value is 2.85. The molecular formula is InO4YbZn. The van der Waals surface area contributed by atoms with Crippen LogP contribution in [0.5, 0.6) is 0 Å². The molecule has 0 spiro atoms. The molecule has 0 bridgehead atoms. The molecule has 1 radical (unpaired) electrons. The van der Waals surface area contributed by atoms with Gasteiger partial charge in [-0.25, -0.2) is 0 Å². The molecule has 0 aliphatic heterocycles. The third-order valence-electron chi connectivity index (χ3n) is 0. The maximum absolute atomic E-state index is 0. The van der Waals surface area contributed by atoms with E-state index in [4.69, 9.17) is 0 Å². The minimum absolute atomic E-state index is 0. The molecule has 0 saturated heterocycles. The summed E-state index contributed by atoms with van der Waals surface area (Å²) in [5.41, 5.74) is 0. The molecule has 0 N–H and O–H groups in total. The Kier molecular flexibility index (Phi) is 909. The van der Waals surface area contributed by atoms with E-state index in [0.717, 1.165) is 0 Å². The van der Waals surface area contributed by atoms with Gasteiger partial charge >= 0.3 is 92.2 Å². The van der Waals surface area contributed by atoms with Crippen molar-refractivity contribution in [2.24, 2.45) is 0 Å². The van der Waals surface area contributed by atoms with E-state index >= 15 is 0 Å². The van der Waals surface area contributed by atoms with Crippen molar-refractivity contribution in [1.29, 1.82) is 0 Å². The van der Waals surface area contributed by atoms with Crippen molar-refractivity contribution in [1.82, 2.24) is 0 Å². The molecule has 0 aliphatic carbocycles. The van der Waals surface area contributed by atoms with E-state index < -0.39 is 0 Å². The summed E-state index contributed by atoms with van der Waals surface area (Å²) in [5, 5.41) is 0. The summed E-state index contributed by atoms with van der Waals surface area (Å²) in [6, 6.07) is 0. The molecule has 0 aromatic heterocycles. The zero-order valence-electron chi connectivity index (χ0n) is 3.18. The Morgan fingerprint density at radius 2 is 0.571 bits per heavy atom. The molecule has 7 heteroatoms. The van der Waals surface area contributed by atoms with Crippen LogP contribution in [-0.4, -0.2) is 25.8 Å². The molecule has 0 amide bonds. The zero-order valence-corrected chi connectivity index (χ0v) is 11.2. The summed E-state index contributed by atoms with van der Waals surface area (Å²) >= 11 is 0. The molecule has 0 fully saturated rings. The van der Waals surface area contributed by atoms with Crippen molar-refractivity contribution >= 4 is 25.8 Å². The fourth-order valence-electron chi connectivity index (χ4n) is 0. The zero-order chi connectivity index (χ0) is 0. The molecule has 4 nitrogen and oxygen atoms in total. The summed E-state index contributed by atoms with van der Waals surface area (Å²) in [6.07, 6.45) is 0. The Morgan fingerprint density at radius 3 is 0.571 bits per heavy atom. The van der Waals surface area contributed by atoms with Crippen LogP contribution in [-0.2, 0) is 41.4 Å². The molecule has 0 aromatic rings. The largest absolute Gasteiger partial charge is 3.00 e. The second-order valence-electron chi connectivity index (χ2n) is 0. The summed E-state index contributed by atoms with van der Waals surface area (Å²) < 4.78 is 0. The summed E-state index contributed by atoms with van der Waals surface area (Å²) in [6.45, 7) is 0. The van der Waals surface area contributed by atoms with Crippen LogP contribution in [0.1, 0.15) is 0 Å². The monoisotopic (exact) mass is 417 g/mol. The van der Waals surface area contributed by atoms with Crippen molar-refractivity contribution in [3.8, 4) is 0 Å². The molecule has 0 unspecified atom stereocenters. The van der Waals surface area contributed by atoms with E-state index in [1.165, 1.54) is 0 Å². The Labute approximate surface area is 112 Å². The molecule has 0 saturated carbocycles. The molecule has 0 rings (SSSR count). The quantitative estimate of drug-likeness (QED) is 0.457. The van der Waals surface area contributed by atoms with Gasteiger partial charge in [0.25, 0.3) is 0 Å². The topological polar surface area (TPSA) is 114 Å².